The number of aromatic nitrogens is 6. The fraction of sp³-hybridized carbons (Fsp3) is 0.333. The number of hydrogen-bond acceptors (Lipinski definition) is 6. The van der Waals surface area contributed by atoms with E-state index < -0.39 is 0 Å². The molecule has 4 aromatic rings. The number of anilines is 1. The number of nitrogens with two attached hydrogens (primary N) is 1. The molecule has 0 spiro atoms. The van der Waals surface area contributed by atoms with E-state index in [1.807, 2.05) is 36.8 Å². The summed E-state index contributed by atoms with van der Waals surface area (Å²) in [7, 11) is 2.03. The average molecular weight is 350 g/mol. The zero-order valence-electron chi connectivity index (χ0n) is 14.9. The number of fused-ring (bicyclic) bond motifs is 2. The van der Waals surface area contributed by atoms with Gasteiger partial charge in [-0.15, -0.1) is 5.10 Å². The van der Waals surface area contributed by atoms with E-state index in [9.17, 15) is 0 Å². The van der Waals surface area contributed by atoms with Crippen molar-refractivity contribution in [2.75, 3.05) is 12.8 Å². The van der Waals surface area contributed by atoms with Crippen LogP contribution in [0.4, 0.5) is 5.95 Å². The molecular weight excluding hydrogens is 328 g/mol. The Kier molecular flexibility index (Phi) is 4.26. The van der Waals surface area contributed by atoms with Crippen LogP contribution in [0.15, 0.2) is 37.1 Å². The molecule has 26 heavy (non-hydrogen) atoms. The van der Waals surface area contributed by atoms with E-state index in [-0.39, 0.29) is 5.95 Å². The minimum atomic E-state index is 0.249. The number of nitrogen functional groups attached to an aromatic ring is 1. The predicted molar refractivity (Wildman–Crippen MR) is 101 cm³/mol. The summed E-state index contributed by atoms with van der Waals surface area (Å²) in [6.07, 6.45) is 13.4. The van der Waals surface area contributed by atoms with Crippen molar-refractivity contribution in [2.24, 2.45) is 0 Å². The van der Waals surface area contributed by atoms with Crippen molar-refractivity contribution < 1.29 is 0 Å². The van der Waals surface area contributed by atoms with Crippen molar-refractivity contribution in [3.05, 3.63) is 42.7 Å². The molecule has 3 N–H and O–H groups in total. The highest BCUT2D eigenvalue weighted by molar-refractivity contribution is 5.79. The maximum Gasteiger partial charge on any atom is 0.238 e. The summed E-state index contributed by atoms with van der Waals surface area (Å²) >= 11 is 0. The molecule has 8 heteroatoms. The summed E-state index contributed by atoms with van der Waals surface area (Å²) in [6.45, 7) is 1.99. The van der Waals surface area contributed by atoms with Gasteiger partial charge in [-0.1, -0.05) is 6.42 Å². The van der Waals surface area contributed by atoms with E-state index in [4.69, 9.17) is 5.73 Å². The quantitative estimate of drug-likeness (QED) is 0.574. The Balaban J connectivity index is 0.000000240. The monoisotopic (exact) mass is 350 g/mol. The minimum Gasteiger partial charge on any atom is -0.367 e. The van der Waals surface area contributed by atoms with Crippen LogP contribution < -0.4 is 11.1 Å². The number of rotatable bonds is 2. The second-order valence-corrected chi connectivity index (χ2v) is 6.50. The predicted octanol–water partition coefficient (Wildman–Crippen LogP) is 2.09. The van der Waals surface area contributed by atoms with Crippen molar-refractivity contribution >= 4 is 17.2 Å². The zero-order chi connectivity index (χ0) is 18.1. The topological polar surface area (TPSA) is 98.4 Å². The third kappa shape index (κ3) is 2.99. The summed E-state index contributed by atoms with van der Waals surface area (Å²) in [4.78, 5) is 12.6. The van der Waals surface area contributed by atoms with E-state index in [0.29, 0.717) is 5.78 Å². The standard InChI is InChI=1S/C13H11N7.C5H11N/c1-8-4-16-13-17-5-9(7-19(8)13)10-2-3-20-11(10)6-15-12(14)18-20;1-6-5-3-2-4-5/h2-7H,1H3,(H2,14,18);5-6H,2-4H2,1H3. The summed E-state index contributed by atoms with van der Waals surface area (Å²) in [5, 5.41) is 7.34. The minimum absolute atomic E-state index is 0.249. The van der Waals surface area contributed by atoms with Crippen LogP contribution in [0, 0.1) is 6.92 Å². The van der Waals surface area contributed by atoms with Gasteiger partial charge >= 0.3 is 0 Å². The Hall–Kier alpha value is -3.00. The molecule has 0 bridgehead atoms. The lowest BCUT2D eigenvalue weighted by atomic mass is 9.94. The Morgan fingerprint density at radius 1 is 1.15 bits per heavy atom. The van der Waals surface area contributed by atoms with Gasteiger partial charge in [-0.25, -0.2) is 19.5 Å². The van der Waals surface area contributed by atoms with Crippen LogP contribution in [-0.4, -0.2) is 42.1 Å². The largest absolute Gasteiger partial charge is 0.367 e. The first-order chi connectivity index (χ1) is 12.7. The van der Waals surface area contributed by atoms with Crippen LogP contribution in [0.1, 0.15) is 25.0 Å². The third-order valence-electron chi connectivity index (χ3n) is 4.81. The molecule has 1 aliphatic rings. The molecule has 4 aromatic heterocycles. The van der Waals surface area contributed by atoms with Crippen LogP contribution in [0.5, 0.6) is 0 Å². The van der Waals surface area contributed by atoms with E-state index in [2.05, 4.69) is 25.4 Å². The van der Waals surface area contributed by atoms with Gasteiger partial charge in [0.1, 0.15) is 0 Å². The smallest absolute Gasteiger partial charge is 0.238 e. The molecule has 0 unspecified atom stereocenters. The average Bonchev–Trinajstić information content (AvgIpc) is 3.18. The lowest BCUT2D eigenvalue weighted by molar-refractivity contribution is 0.361. The molecular formula is C18H22N8. The first-order valence-corrected chi connectivity index (χ1v) is 8.73. The summed E-state index contributed by atoms with van der Waals surface area (Å²) in [5.41, 5.74) is 9.50. The van der Waals surface area contributed by atoms with Gasteiger partial charge in [0, 0.05) is 41.5 Å². The van der Waals surface area contributed by atoms with E-state index in [0.717, 1.165) is 28.4 Å². The van der Waals surface area contributed by atoms with Gasteiger partial charge in [-0.3, -0.25) is 4.40 Å². The number of nitrogens with one attached hydrogen (secondary N) is 1. The first-order valence-electron chi connectivity index (χ1n) is 8.73. The molecule has 0 aromatic carbocycles. The molecule has 0 atom stereocenters. The molecule has 8 nitrogen and oxygen atoms in total. The Morgan fingerprint density at radius 2 is 1.96 bits per heavy atom. The van der Waals surface area contributed by atoms with Crippen molar-refractivity contribution in [2.45, 2.75) is 32.2 Å². The SMILES string of the molecule is CNC1CCC1.Cc1cnc2ncc(-c3ccn4nc(N)ncc34)cn12. The van der Waals surface area contributed by atoms with Crippen molar-refractivity contribution in [1.82, 2.24) is 34.3 Å². The number of nitrogens with zero attached hydrogens (tertiary/aromatic N) is 6. The van der Waals surface area contributed by atoms with E-state index in [1.54, 1.807) is 23.1 Å². The lowest BCUT2D eigenvalue weighted by Crippen LogP contribution is -2.31. The second-order valence-electron chi connectivity index (χ2n) is 6.50. The van der Waals surface area contributed by atoms with E-state index >= 15 is 0 Å². The van der Waals surface area contributed by atoms with Crippen LogP contribution >= 0.6 is 0 Å². The maximum atomic E-state index is 5.58. The van der Waals surface area contributed by atoms with Gasteiger partial charge in [0.05, 0.1) is 17.9 Å². The lowest BCUT2D eigenvalue weighted by Gasteiger charge is -2.23. The molecule has 5 rings (SSSR count). The van der Waals surface area contributed by atoms with Gasteiger partial charge in [0.25, 0.3) is 0 Å². The van der Waals surface area contributed by atoms with Crippen LogP contribution in [0.3, 0.4) is 0 Å². The Morgan fingerprint density at radius 3 is 2.65 bits per heavy atom. The third-order valence-corrected chi connectivity index (χ3v) is 4.81. The molecule has 0 aliphatic heterocycles. The highest BCUT2D eigenvalue weighted by Crippen LogP contribution is 2.24. The highest BCUT2D eigenvalue weighted by Gasteiger charge is 2.13. The molecule has 4 heterocycles. The van der Waals surface area contributed by atoms with Gasteiger partial charge in [-0.2, -0.15) is 0 Å². The van der Waals surface area contributed by atoms with Crippen LogP contribution in [-0.2, 0) is 0 Å². The molecule has 0 saturated heterocycles. The number of imidazole rings is 1. The first kappa shape index (κ1) is 16.5. The Bertz CT molecular complexity index is 1040. The summed E-state index contributed by atoms with van der Waals surface area (Å²) < 4.78 is 3.67. The van der Waals surface area contributed by atoms with Crippen LogP contribution in [0.25, 0.3) is 22.4 Å². The summed E-state index contributed by atoms with van der Waals surface area (Å²) in [5.74, 6) is 0.939. The molecule has 1 saturated carbocycles. The van der Waals surface area contributed by atoms with Crippen molar-refractivity contribution in [1.29, 1.82) is 0 Å². The normalized spacial score (nSPS) is 14.2. The zero-order valence-corrected chi connectivity index (χ0v) is 14.9. The van der Waals surface area contributed by atoms with Gasteiger partial charge in [0.2, 0.25) is 11.7 Å². The fourth-order valence-electron chi connectivity index (χ4n) is 2.98. The molecule has 134 valence electrons. The van der Waals surface area contributed by atoms with Gasteiger partial charge in [-0.05, 0) is 32.9 Å². The van der Waals surface area contributed by atoms with Crippen molar-refractivity contribution in [3.63, 3.8) is 0 Å². The van der Waals surface area contributed by atoms with Crippen molar-refractivity contribution in [3.8, 4) is 11.1 Å². The number of hydrogen-bond donors (Lipinski definition) is 2. The maximum absolute atomic E-state index is 5.58. The molecule has 1 fully saturated rings. The number of aryl methyl sites for hydroxylation is 1. The van der Waals surface area contributed by atoms with Gasteiger partial charge in [0.15, 0.2) is 0 Å². The Labute approximate surface area is 151 Å². The second kappa shape index (κ2) is 6.72. The molecule has 0 radical (unpaired) electrons. The van der Waals surface area contributed by atoms with Crippen LogP contribution in [0.2, 0.25) is 0 Å². The van der Waals surface area contributed by atoms with E-state index in [1.165, 1.54) is 19.3 Å². The molecule has 1 aliphatic carbocycles. The molecule has 0 amide bonds. The summed E-state index contributed by atoms with van der Waals surface area (Å²) in [6, 6.07) is 2.84. The fourth-order valence-corrected chi connectivity index (χ4v) is 2.98. The van der Waals surface area contributed by atoms with Gasteiger partial charge < -0.3 is 11.1 Å². The highest BCUT2D eigenvalue weighted by atomic mass is 15.3.